The first-order chi connectivity index (χ1) is 20.1. The number of nitriles is 1. The van der Waals surface area contributed by atoms with Crippen LogP contribution in [0.15, 0.2) is 58.8 Å². The minimum absolute atomic E-state index is 0.0940. The molecule has 2 unspecified atom stereocenters. The molecule has 1 aliphatic rings. The Labute approximate surface area is 255 Å². The van der Waals surface area contributed by atoms with Crippen LogP contribution in [0.2, 0.25) is 0 Å². The van der Waals surface area contributed by atoms with Gasteiger partial charge < -0.3 is 20.9 Å². The maximum atomic E-state index is 13.2. The monoisotopic (exact) mass is 574 g/mol. The zero-order chi connectivity index (χ0) is 31.8. The van der Waals surface area contributed by atoms with E-state index in [2.05, 4.69) is 43.3 Å². The molecule has 1 aromatic carbocycles. The van der Waals surface area contributed by atoms with Crippen LogP contribution in [0.25, 0.3) is 0 Å². The minimum atomic E-state index is 0.0940. The van der Waals surface area contributed by atoms with Gasteiger partial charge >= 0.3 is 0 Å². The molecule has 1 amide bonds. The van der Waals surface area contributed by atoms with Crippen LogP contribution in [0.1, 0.15) is 90.8 Å². The number of carbonyl (C=O) groups is 1. The summed E-state index contributed by atoms with van der Waals surface area (Å²) in [6.07, 6.45) is 7.85. The van der Waals surface area contributed by atoms with E-state index < -0.39 is 0 Å². The summed E-state index contributed by atoms with van der Waals surface area (Å²) in [5.41, 5.74) is 11.5. The largest absolute Gasteiger partial charge is 0.383 e. The van der Waals surface area contributed by atoms with Crippen molar-refractivity contribution in [1.29, 1.82) is 10.7 Å². The number of amidine groups is 1. The highest BCUT2D eigenvalue weighted by Gasteiger charge is 2.27. The number of hydrogen-bond acceptors (Lipinski definition) is 5. The van der Waals surface area contributed by atoms with Gasteiger partial charge in [0.2, 0.25) is 5.91 Å². The number of nitrogens with one attached hydrogen (secondary N) is 1. The van der Waals surface area contributed by atoms with Gasteiger partial charge in [0, 0.05) is 54.7 Å². The first-order valence-electron chi connectivity index (χ1n) is 15.5. The van der Waals surface area contributed by atoms with Crippen molar-refractivity contribution in [3.05, 3.63) is 70.5 Å². The summed E-state index contributed by atoms with van der Waals surface area (Å²) < 4.78 is 0. The molecule has 1 heterocycles. The molecule has 42 heavy (non-hydrogen) atoms. The highest BCUT2D eigenvalue weighted by Crippen LogP contribution is 2.23. The molecule has 7 heteroatoms. The number of nitrogens with two attached hydrogens (primary N) is 1. The standard InChI is InChI=1S/C33H48N6O.C2H6/c1-8-23(4)14-15-27(9-2)33(40)39-18-16-38(17-19-39)24(5)20-31(30(10-3)26(7)35)32(36)37-22-29-13-11-12-28(21-34)25(29)6;1-2/h10-13,20,23,27,35H,5,8-9,14-19,22H2,1-4,6-7H3,(H2,36,37);1-2H3/b30-10-,31-20+,35-26?;. The average Bonchev–Trinajstić information content (AvgIpc) is 3.01. The second-order valence-corrected chi connectivity index (χ2v) is 10.8. The summed E-state index contributed by atoms with van der Waals surface area (Å²) in [4.78, 5) is 22.0. The first kappa shape index (κ1) is 36.4. The summed E-state index contributed by atoms with van der Waals surface area (Å²) in [6.45, 7) is 23.5. The highest BCUT2D eigenvalue weighted by molar-refractivity contribution is 6.13. The van der Waals surface area contributed by atoms with E-state index in [1.807, 2.05) is 56.9 Å². The second-order valence-electron chi connectivity index (χ2n) is 10.8. The SMILES string of the molecule is C=C(/C=C(C(N)=NCc1cccc(C#N)c1C)\C(=C/C)C(C)=N)N1CCN(C(=O)C(CC)CCC(C)CC)CC1.CC. The van der Waals surface area contributed by atoms with Crippen LogP contribution >= 0.6 is 0 Å². The van der Waals surface area contributed by atoms with Crippen molar-refractivity contribution in [2.45, 2.75) is 87.6 Å². The van der Waals surface area contributed by atoms with Crippen LogP contribution in [0, 0.1) is 35.5 Å². The minimum Gasteiger partial charge on any atom is -0.383 e. The molecule has 0 saturated carbocycles. The van der Waals surface area contributed by atoms with Gasteiger partial charge in [-0.2, -0.15) is 5.26 Å². The molecule has 1 aliphatic heterocycles. The fraction of sp³-hybridized carbons (Fsp3) is 0.543. The molecule has 230 valence electrons. The van der Waals surface area contributed by atoms with E-state index in [4.69, 9.17) is 11.1 Å². The second kappa shape index (κ2) is 18.7. The highest BCUT2D eigenvalue weighted by atomic mass is 16.2. The number of hydrogen-bond donors (Lipinski definition) is 2. The Kier molecular flexibility index (Phi) is 16.2. The number of rotatable bonds is 13. The van der Waals surface area contributed by atoms with Crippen LogP contribution in [-0.2, 0) is 11.3 Å². The predicted molar refractivity (Wildman–Crippen MR) is 178 cm³/mol. The molecule has 1 fully saturated rings. The molecule has 1 aromatic rings. The molecular formula is C35H54N6O. The van der Waals surface area contributed by atoms with E-state index in [1.165, 1.54) is 0 Å². The molecule has 2 rings (SSSR count). The average molecular weight is 575 g/mol. The van der Waals surface area contributed by atoms with Crippen molar-refractivity contribution in [2.24, 2.45) is 22.6 Å². The van der Waals surface area contributed by atoms with Crippen LogP contribution in [-0.4, -0.2) is 53.4 Å². The van der Waals surface area contributed by atoms with E-state index in [1.54, 1.807) is 13.0 Å². The summed E-state index contributed by atoms with van der Waals surface area (Å²) in [6, 6.07) is 7.80. The molecule has 1 saturated heterocycles. The summed E-state index contributed by atoms with van der Waals surface area (Å²) in [7, 11) is 0. The third-order valence-corrected chi connectivity index (χ3v) is 8.10. The van der Waals surface area contributed by atoms with Crippen LogP contribution in [0.5, 0.6) is 0 Å². The van der Waals surface area contributed by atoms with Gasteiger partial charge in [0.1, 0.15) is 5.84 Å². The predicted octanol–water partition coefficient (Wildman–Crippen LogP) is 7.17. The van der Waals surface area contributed by atoms with E-state index in [-0.39, 0.29) is 11.8 Å². The van der Waals surface area contributed by atoms with Gasteiger partial charge in [-0.15, -0.1) is 0 Å². The lowest BCUT2D eigenvalue weighted by Crippen LogP contribution is -2.49. The first-order valence-corrected chi connectivity index (χ1v) is 15.5. The number of nitrogens with zero attached hydrogens (tertiary/aromatic N) is 4. The Balaban J connectivity index is 0.00000431. The molecule has 0 bridgehead atoms. The molecule has 2 atom stereocenters. The van der Waals surface area contributed by atoms with E-state index in [0.29, 0.717) is 66.9 Å². The maximum Gasteiger partial charge on any atom is 0.225 e. The fourth-order valence-corrected chi connectivity index (χ4v) is 5.02. The number of benzene rings is 1. The Morgan fingerprint density at radius 2 is 1.76 bits per heavy atom. The van der Waals surface area contributed by atoms with Gasteiger partial charge in [-0.25, -0.2) is 0 Å². The Hall–Kier alpha value is -3.66. The number of carbonyl (C=O) groups excluding carboxylic acids is 1. The molecule has 0 aromatic heterocycles. The maximum absolute atomic E-state index is 13.2. The zero-order valence-electron chi connectivity index (χ0n) is 27.4. The van der Waals surface area contributed by atoms with Gasteiger partial charge in [0.05, 0.1) is 18.2 Å². The molecule has 0 aliphatic carbocycles. The zero-order valence-corrected chi connectivity index (χ0v) is 27.4. The summed E-state index contributed by atoms with van der Waals surface area (Å²) in [5, 5.41) is 17.7. The van der Waals surface area contributed by atoms with Crippen molar-refractivity contribution in [1.82, 2.24) is 9.80 Å². The van der Waals surface area contributed by atoms with Crippen molar-refractivity contribution in [3.8, 4) is 6.07 Å². The van der Waals surface area contributed by atoms with Gasteiger partial charge in [0.15, 0.2) is 0 Å². The third-order valence-electron chi connectivity index (χ3n) is 8.10. The number of amides is 1. The summed E-state index contributed by atoms with van der Waals surface area (Å²) >= 11 is 0. The molecule has 3 N–H and O–H groups in total. The smallest absolute Gasteiger partial charge is 0.225 e. The van der Waals surface area contributed by atoms with Crippen molar-refractivity contribution < 1.29 is 4.79 Å². The molecule has 7 nitrogen and oxygen atoms in total. The molecular weight excluding hydrogens is 520 g/mol. The lowest BCUT2D eigenvalue weighted by atomic mass is 9.92. The van der Waals surface area contributed by atoms with Gasteiger partial charge in [-0.1, -0.05) is 65.8 Å². The van der Waals surface area contributed by atoms with Crippen molar-refractivity contribution in [2.75, 3.05) is 26.2 Å². The van der Waals surface area contributed by atoms with Crippen LogP contribution in [0.4, 0.5) is 0 Å². The fourth-order valence-electron chi connectivity index (χ4n) is 5.02. The molecule has 0 spiro atoms. The number of allylic oxidation sites excluding steroid dienone is 2. The Morgan fingerprint density at radius 1 is 1.14 bits per heavy atom. The van der Waals surface area contributed by atoms with E-state index in [9.17, 15) is 10.1 Å². The Morgan fingerprint density at radius 3 is 2.29 bits per heavy atom. The van der Waals surface area contributed by atoms with Crippen molar-refractivity contribution in [3.63, 3.8) is 0 Å². The lowest BCUT2D eigenvalue weighted by Gasteiger charge is -2.38. The van der Waals surface area contributed by atoms with Crippen molar-refractivity contribution >= 4 is 17.5 Å². The van der Waals surface area contributed by atoms with E-state index >= 15 is 0 Å². The normalized spacial score (nSPS) is 15.7. The van der Waals surface area contributed by atoms with Gasteiger partial charge in [-0.05, 0) is 69.2 Å². The number of aliphatic imine (C=N–C) groups is 1. The quantitative estimate of drug-likeness (QED) is 0.148. The Bertz CT molecular complexity index is 1190. The lowest BCUT2D eigenvalue weighted by molar-refractivity contribution is -0.137. The van der Waals surface area contributed by atoms with Gasteiger partial charge in [-0.3, -0.25) is 9.79 Å². The molecule has 0 radical (unpaired) electrons. The topological polar surface area (TPSA) is 110 Å². The van der Waals surface area contributed by atoms with Crippen LogP contribution < -0.4 is 5.73 Å². The third kappa shape index (κ3) is 10.3. The van der Waals surface area contributed by atoms with E-state index in [0.717, 1.165) is 42.5 Å². The van der Waals surface area contributed by atoms with Crippen LogP contribution in [0.3, 0.4) is 0 Å². The number of piperazine rings is 1. The van der Waals surface area contributed by atoms with Gasteiger partial charge in [0.25, 0.3) is 0 Å². The summed E-state index contributed by atoms with van der Waals surface area (Å²) in [5.74, 6) is 1.34.